The fourth-order valence-electron chi connectivity index (χ4n) is 1.16. The summed E-state index contributed by atoms with van der Waals surface area (Å²) in [7, 11) is 1.87. The molecule has 0 aliphatic rings. The van der Waals surface area contributed by atoms with Gasteiger partial charge in [-0.2, -0.15) is 0 Å². The van der Waals surface area contributed by atoms with E-state index in [0.29, 0.717) is 12.0 Å². The lowest BCUT2D eigenvalue weighted by molar-refractivity contribution is 0.569. The van der Waals surface area contributed by atoms with Crippen LogP contribution in [0, 0.1) is 0 Å². The predicted octanol–water partition coefficient (Wildman–Crippen LogP) is 2.27. The number of nitrogens with one attached hydrogen (secondary N) is 1. The standard InChI is InChI=1S/C11H12BrNO/c1-13-7-6-10(8-14)9-2-4-11(12)5-3-9/h2-5,13H,6-7H2,1H3. The van der Waals surface area contributed by atoms with Gasteiger partial charge in [0.15, 0.2) is 0 Å². The van der Waals surface area contributed by atoms with Crippen LogP contribution in [0.5, 0.6) is 0 Å². The van der Waals surface area contributed by atoms with Gasteiger partial charge in [-0.15, -0.1) is 0 Å². The van der Waals surface area contributed by atoms with E-state index in [2.05, 4.69) is 21.2 Å². The molecule has 0 amide bonds. The number of carbonyl (C=O) groups excluding carboxylic acids is 1. The lowest BCUT2D eigenvalue weighted by atomic mass is 10.0. The van der Waals surface area contributed by atoms with E-state index in [1.165, 1.54) is 0 Å². The van der Waals surface area contributed by atoms with Crippen molar-refractivity contribution in [2.24, 2.45) is 0 Å². The van der Waals surface area contributed by atoms with Crippen molar-refractivity contribution in [1.29, 1.82) is 0 Å². The molecule has 0 radical (unpaired) electrons. The normalized spacial score (nSPS) is 9.57. The van der Waals surface area contributed by atoms with Gasteiger partial charge in [-0.1, -0.05) is 28.1 Å². The van der Waals surface area contributed by atoms with Gasteiger partial charge in [0.25, 0.3) is 0 Å². The van der Waals surface area contributed by atoms with Crippen molar-refractivity contribution in [3.8, 4) is 0 Å². The molecule has 0 spiro atoms. The summed E-state index contributed by atoms with van der Waals surface area (Å²) in [4.78, 5) is 10.7. The van der Waals surface area contributed by atoms with Crippen molar-refractivity contribution in [3.05, 3.63) is 34.3 Å². The van der Waals surface area contributed by atoms with Gasteiger partial charge in [-0.05, 0) is 37.7 Å². The zero-order chi connectivity index (χ0) is 10.4. The number of hydrogen-bond donors (Lipinski definition) is 1. The van der Waals surface area contributed by atoms with Gasteiger partial charge in [-0.25, -0.2) is 4.79 Å². The Balaban J connectivity index is 2.80. The minimum Gasteiger partial charge on any atom is -0.319 e. The highest BCUT2D eigenvalue weighted by atomic mass is 79.9. The third-order valence-corrected chi connectivity index (χ3v) is 2.47. The minimum atomic E-state index is 0.710. The molecule has 1 rings (SSSR count). The first-order valence-corrected chi connectivity index (χ1v) is 5.21. The molecular weight excluding hydrogens is 242 g/mol. The van der Waals surface area contributed by atoms with Gasteiger partial charge in [0.1, 0.15) is 5.94 Å². The molecule has 74 valence electrons. The van der Waals surface area contributed by atoms with E-state index < -0.39 is 0 Å². The highest BCUT2D eigenvalue weighted by Crippen LogP contribution is 2.17. The quantitative estimate of drug-likeness (QED) is 0.835. The first kappa shape index (κ1) is 11.2. The van der Waals surface area contributed by atoms with Crippen LogP contribution in [0.15, 0.2) is 28.7 Å². The van der Waals surface area contributed by atoms with Gasteiger partial charge in [0, 0.05) is 10.0 Å². The second kappa shape index (κ2) is 5.76. The molecule has 2 nitrogen and oxygen atoms in total. The molecule has 0 aromatic heterocycles. The summed E-state index contributed by atoms with van der Waals surface area (Å²) in [5.74, 6) is 1.98. The van der Waals surface area contributed by atoms with Crippen LogP contribution in [-0.4, -0.2) is 19.5 Å². The largest absolute Gasteiger partial charge is 0.319 e. The number of rotatable bonds is 4. The first-order chi connectivity index (χ1) is 6.77. The second-order valence-electron chi connectivity index (χ2n) is 2.94. The lowest BCUT2D eigenvalue weighted by Crippen LogP contribution is -2.08. The van der Waals surface area contributed by atoms with Crippen molar-refractivity contribution in [2.75, 3.05) is 13.6 Å². The summed E-state index contributed by atoms with van der Waals surface area (Å²) < 4.78 is 1.01. The predicted molar refractivity (Wildman–Crippen MR) is 61.8 cm³/mol. The van der Waals surface area contributed by atoms with E-state index in [-0.39, 0.29) is 0 Å². The molecule has 1 aromatic carbocycles. The molecule has 14 heavy (non-hydrogen) atoms. The lowest BCUT2D eigenvalue weighted by Gasteiger charge is -2.02. The molecule has 3 heteroatoms. The van der Waals surface area contributed by atoms with E-state index in [1.54, 1.807) is 0 Å². The van der Waals surface area contributed by atoms with Crippen LogP contribution < -0.4 is 5.32 Å². The number of benzene rings is 1. The van der Waals surface area contributed by atoms with Crippen molar-refractivity contribution in [2.45, 2.75) is 6.42 Å². The maximum atomic E-state index is 10.7. The van der Waals surface area contributed by atoms with Crippen LogP contribution in [-0.2, 0) is 4.79 Å². The van der Waals surface area contributed by atoms with E-state index in [0.717, 1.165) is 16.6 Å². The van der Waals surface area contributed by atoms with E-state index in [9.17, 15) is 4.79 Å². The van der Waals surface area contributed by atoms with E-state index in [1.807, 2.05) is 37.3 Å². The monoisotopic (exact) mass is 253 g/mol. The Morgan fingerprint density at radius 3 is 2.57 bits per heavy atom. The molecule has 1 N–H and O–H groups in total. The highest BCUT2D eigenvalue weighted by molar-refractivity contribution is 9.10. The Kier molecular flexibility index (Phi) is 4.60. The Labute approximate surface area is 92.1 Å². The van der Waals surface area contributed by atoms with Crippen LogP contribution in [0.2, 0.25) is 0 Å². The molecule has 0 aliphatic carbocycles. The van der Waals surface area contributed by atoms with Gasteiger partial charge in [-0.3, -0.25) is 0 Å². The fraction of sp³-hybridized carbons (Fsp3) is 0.273. The maximum Gasteiger partial charge on any atom is 0.128 e. The molecular formula is C11H12BrNO. The second-order valence-corrected chi connectivity index (χ2v) is 3.86. The van der Waals surface area contributed by atoms with Gasteiger partial charge >= 0.3 is 0 Å². The molecule has 0 saturated carbocycles. The minimum absolute atomic E-state index is 0.710. The van der Waals surface area contributed by atoms with Crippen molar-refractivity contribution in [3.63, 3.8) is 0 Å². The number of halogens is 1. The van der Waals surface area contributed by atoms with Crippen molar-refractivity contribution >= 4 is 27.4 Å². The van der Waals surface area contributed by atoms with Crippen molar-refractivity contribution < 1.29 is 4.79 Å². The Morgan fingerprint density at radius 2 is 2.07 bits per heavy atom. The van der Waals surface area contributed by atoms with Crippen molar-refractivity contribution in [1.82, 2.24) is 5.32 Å². The van der Waals surface area contributed by atoms with E-state index in [4.69, 9.17) is 0 Å². The zero-order valence-corrected chi connectivity index (χ0v) is 9.60. The smallest absolute Gasteiger partial charge is 0.128 e. The third-order valence-electron chi connectivity index (χ3n) is 1.94. The Morgan fingerprint density at radius 1 is 1.43 bits per heavy atom. The van der Waals surface area contributed by atoms with Gasteiger partial charge < -0.3 is 5.32 Å². The van der Waals surface area contributed by atoms with Crippen LogP contribution >= 0.6 is 15.9 Å². The van der Waals surface area contributed by atoms with Crippen LogP contribution in [0.1, 0.15) is 12.0 Å². The van der Waals surface area contributed by atoms with Crippen LogP contribution in [0.25, 0.3) is 5.57 Å². The van der Waals surface area contributed by atoms with Crippen LogP contribution in [0.3, 0.4) is 0 Å². The molecule has 0 unspecified atom stereocenters. The summed E-state index contributed by atoms with van der Waals surface area (Å²) in [5, 5.41) is 3.00. The fourth-order valence-corrected chi connectivity index (χ4v) is 1.42. The molecule has 0 heterocycles. The molecule has 0 atom stereocenters. The molecule has 1 aromatic rings. The van der Waals surface area contributed by atoms with Gasteiger partial charge in [0.2, 0.25) is 0 Å². The highest BCUT2D eigenvalue weighted by Gasteiger charge is 2.01. The first-order valence-electron chi connectivity index (χ1n) is 4.42. The SMILES string of the molecule is CNCCC(=C=O)c1ccc(Br)cc1. The van der Waals surface area contributed by atoms with Gasteiger partial charge in [0.05, 0.1) is 0 Å². The topological polar surface area (TPSA) is 29.1 Å². The van der Waals surface area contributed by atoms with E-state index >= 15 is 0 Å². The molecule has 0 saturated heterocycles. The zero-order valence-electron chi connectivity index (χ0n) is 8.01. The summed E-state index contributed by atoms with van der Waals surface area (Å²) >= 11 is 3.35. The maximum absolute atomic E-state index is 10.7. The summed E-state index contributed by atoms with van der Waals surface area (Å²) in [6.45, 7) is 0.792. The summed E-state index contributed by atoms with van der Waals surface area (Å²) in [6, 6.07) is 7.68. The number of hydrogen-bond acceptors (Lipinski definition) is 2. The summed E-state index contributed by atoms with van der Waals surface area (Å²) in [6.07, 6.45) is 0.710. The average Bonchev–Trinajstić information content (AvgIpc) is 2.21. The third kappa shape index (κ3) is 3.11. The Bertz CT molecular complexity index is 339. The van der Waals surface area contributed by atoms with Crippen LogP contribution in [0.4, 0.5) is 0 Å². The summed E-state index contributed by atoms with van der Waals surface area (Å²) in [5.41, 5.74) is 1.66. The average molecular weight is 254 g/mol. The molecule has 0 fully saturated rings. The Hall–Kier alpha value is -0.890. The molecule has 0 aliphatic heterocycles. The molecule has 0 bridgehead atoms.